The van der Waals surface area contributed by atoms with Crippen molar-refractivity contribution in [2.24, 2.45) is 0 Å². The first-order valence-corrected chi connectivity index (χ1v) is 6.10. The molecule has 0 aromatic heterocycles. The van der Waals surface area contributed by atoms with Crippen LogP contribution in [0.4, 0.5) is 0 Å². The Morgan fingerprint density at radius 1 is 1.47 bits per heavy atom. The van der Waals surface area contributed by atoms with Crippen LogP contribution in [0.25, 0.3) is 0 Å². The van der Waals surface area contributed by atoms with E-state index in [4.69, 9.17) is 4.74 Å². The topological polar surface area (TPSA) is 66.8 Å². The molecule has 0 unspecified atom stereocenters. The van der Waals surface area contributed by atoms with E-state index in [1.165, 1.54) is 6.92 Å². The fourth-order valence-corrected chi connectivity index (χ4v) is 1.61. The molecule has 0 fully saturated rings. The van der Waals surface area contributed by atoms with E-state index in [9.17, 15) is 15.0 Å². The maximum atomic E-state index is 11.5. The van der Waals surface area contributed by atoms with Crippen molar-refractivity contribution < 1.29 is 19.7 Å². The normalized spacial score (nSPS) is 14.9. The van der Waals surface area contributed by atoms with Gasteiger partial charge in [-0.2, -0.15) is 0 Å². The maximum absolute atomic E-state index is 11.5. The van der Waals surface area contributed by atoms with Crippen LogP contribution in [0.1, 0.15) is 31.9 Å². The van der Waals surface area contributed by atoms with E-state index in [0.29, 0.717) is 11.1 Å². The molecule has 4 nitrogen and oxygen atoms in total. The van der Waals surface area contributed by atoms with Gasteiger partial charge in [0.05, 0.1) is 0 Å². The Morgan fingerprint density at radius 2 is 2.11 bits per heavy atom. The summed E-state index contributed by atoms with van der Waals surface area (Å²) in [5.41, 5.74) is 0.272. The van der Waals surface area contributed by atoms with E-state index in [2.05, 4.69) is 0 Å². The zero-order valence-electron chi connectivity index (χ0n) is 11.7. The highest BCUT2D eigenvalue weighted by molar-refractivity contribution is 5.87. The maximum Gasteiger partial charge on any atom is 0.333 e. The number of phenolic OH excluding ortho intramolecular Hbond substituents is 1. The lowest BCUT2D eigenvalue weighted by Crippen LogP contribution is -2.29. The van der Waals surface area contributed by atoms with E-state index in [0.717, 1.165) is 5.56 Å². The Bertz CT molecular complexity index is 501. The van der Waals surface area contributed by atoms with Gasteiger partial charge >= 0.3 is 5.97 Å². The van der Waals surface area contributed by atoms with Crippen LogP contribution in [0.3, 0.4) is 0 Å². The SMILES string of the molecule is CC=C(C)C(=O)OC[C@@](C)(O)c1ccc(C)cc1O. The molecule has 0 aliphatic heterocycles. The second-order valence-electron chi connectivity index (χ2n) is 4.84. The fraction of sp³-hybridized carbons (Fsp3) is 0.400. The third-order valence-corrected chi connectivity index (χ3v) is 2.97. The zero-order valence-corrected chi connectivity index (χ0v) is 11.7. The number of aliphatic hydroxyl groups is 1. The minimum atomic E-state index is -1.43. The number of hydrogen-bond donors (Lipinski definition) is 2. The third kappa shape index (κ3) is 3.83. The third-order valence-electron chi connectivity index (χ3n) is 2.97. The molecule has 1 aromatic rings. The van der Waals surface area contributed by atoms with Gasteiger partial charge in [-0.05, 0) is 39.3 Å². The Kier molecular flexibility index (Phi) is 4.72. The van der Waals surface area contributed by atoms with Crippen molar-refractivity contribution in [3.63, 3.8) is 0 Å². The minimum Gasteiger partial charge on any atom is -0.508 e. The molecule has 2 N–H and O–H groups in total. The van der Waals surface area contributed by atoms with E-state index in [1.807, 2.05) is 6.92 Å². The highest BCUT2D eigenvalue weighted by Gasteiger charge is 2.28. The quantitative estimate of drug-likeness (QED) is 0.647. The summed E-state index contributed by atoms with van der Waals surface area (Å²) in [6.45, 7) is 6.50. The molecule has 0 amide bonds. The second kappa shape index (κ2) is 5.89. The molecule has 1 rings (SSSR count). The van der Waals surface area contributed by atoms with Gasteiger partial charge in [-0.3, -0.25) is 0 Å². The van der Waals surface area contributed by atoms with Crippen LogP contribution in [0.5, 0.6) is 5.75 Å². The van der Waals surface area contributed by atoms with Gasteiger partial charge in [-0.25, -0.2) is 4.79 Å². The molecule has 0 spiro atoms. The van der Waals surface area contributed by atoms with Crippen LogP contribution in [-0.4, -0.2) is 22.8 Å². The first-order valence-electron chi connectivity index (χ1n) is 6.10. The van der Waals surface area contributed by atoms with Crippen molar-refractivity contribution >= 4 is 5.97 Å². The molecule has 104 valence electrons. The number of carbonyl (C=O) groups excluding carboxylic acids is 1. The largest absolute Gasteiger partial charge is 0.508 e. The Labute approximate surface area is 113 Å². The second-order valence-corrected chi connectivity index (χ2v) is 4.84. The van der Waals surface area contributed by atoms with Gasteiger partial charge in [0, 0.05) is 11.1 Å². The lowest BCUT2D eigenvalue weighted by molar-refractivity contribution is -0.146. The van der Waals surface area contributed by atoms with Gasteiger partial charge in [-0.1, -0.05) is 18.2 Å². The number of carbonyl (C=O) groups is 1. The first-order chi connectivity index (χ1) is 8.77. The monoisotopic (exact) mass is 264 g/mol. The van der Waals surface area contributed by atoms with E-state index >= 15 is 0 Å². The number of aryl methyl sites for hydroxylation is 1. The van der Waals surface area contributed by atoms with Crippen LogP contribution < -0.4 is 0 Å². The summed E-state index contributed by atoms with van der Waals surface area (Å²) in [6, 6.07) is 4.96. The van der Waals surface area contributed by atoms with Crippen LogP contribution in [0, 0.1) is 6.92 Å². The van der Waals surface area contributed by atoms with Crippen molar-refractivity contribution in [2.75, 3.05) is 6.61 Å². The minimum absolute atomic E-state index is 0.0104. The highest BCUT2D eigenvalue weighted by Crippen LogP contribution is 2.30. The summed E-state index contributed by atoms with van der Waals surface area (Å²) in [7, 11) is 0. The van der Waals surface area contributed by atoms with Crippen molar-refractivity contribution in [1.29, 1.82) is 0 Å². The Morgan fingerprint density at radius 3 is 2.63 bits per heavy atom. The number of aromatic hydroxyl groups is 1. The standard InChI is InChI=1S/C15H20O4/c1-5-11(3)14(17)19-9-15(4,18)12-7-6-10(2)8-13(12)16/h5-8,16,18H,9H2,1-4H3/t15-/m1/s1. The summed E-state index contributed by atoms with van der Waals surface area (Å²) >= 11 is 0. The number of esters is 1. The molecule has 1 atom stereocenters. The number of benzene rings is 1. The fourth-order valence-electron chi connectivity index (χ4n) is 1.61. The summed E-state index contributed by atoms with van der Waals surface area (Å²) in [5.74, 6) is -0.488. The van der Waals surface area contributed by atoms with Crippen LogP contribution in [0.15, 0.2) is 29.8 Å². The lowest BCUT2D eigenvalue weighted by Gasteiger charge is -2.24. The number of phenols is 1. The van der Waals surface area contributed by atoms with Gasteiger partial charge in [0.2, 0.25) is 0 Å². The molecule has 0 bridgehead atoms. The summed E-state index contributed by atoms with van der Waals surface area (Å²) in [5, 5.41) is 20.1. The van der Waals surface area contributed by atoms with Crippen molar-refractivity contribution in [2.45, 2.75) is 33.3 Å². The summed E-state index contributed by atoms with van der Waals surface area (Å²) < 4.78 is 5.03. The smallest absolute Gasteiger partial charge is 0.333 e. The lowest BCUT2D eigenvalue weighted by atomic mass is 9.95. The Hall–Kier alpha value is -1.81. The molecule has 0 heterocycles. The Balaban J connectivity index is 2.84. The number of ether oxygens (including phenoxy) is 1. The zero-order chi connectivity index (χ0) is 14.6. The van der Waals surface area contributed by atoms with Crippen LogP contribution >= 0.6 is 0 Å². The highest BCUT2D eigenvalue weighted by atomic mass is 16.5. The number of allylic oxidation sites excluding steroid dienone is 1. The molecule has 0 aliphatic carbocycles. The summed E-state index contributed by atoms with van der Waals surface area (Å²) in [4.78, 5) is 11.5. The van der Waals surface area contributed by atoms with Gasteiger partial charge in [0.1, 0.15) is 18.0 Å². The number of hydrogen-bond acceptors (Lipinski definition) is 4. The predicted octanol–water partition coefficient (Wildman–Crippen LogP) is 2.42. The van der Waals surface area contributed by atoms with Crippen LogP contribution in [0.2, 0.25) is 0 Å². The molecular weight excluding hydrogens is 244 g/mol. The molecule has 19 heavy (non-hydrogen) atoms. The van der Waals surface area contributed by atoms with E-state index < -0.39 is 11.6 Å². The van der Waals surface area contributed by atoms with Gasteiger partial charge < -0.3 is 14.9 Å². The molecular formula is C15H20O4. The molecule has 0 saturated carbocycles. The summed E-state index contributed by atoms with van der Waals surface area (Å²) in [6.07, 6.45) is 1.64. The molecule has 0 saturated heterocycles. The molecule has 1 aromatic carbocycles. The molecule has 0 radical (unpaired) electrons. The van der Waals surface area contributed by atoms with Gasteiger partial charge in [0.15, 0.2) is 0 Å². The molecule has 4 heteroatoms. The number of rotatable bonds is 4. The van der Waals surface area contributed by atoms with Crippen molar-refractivity contribution in [1.82, 2.24) is 0 Å². The first kappa shape index (κ1) is 15.2. The van der Waals surface area contributed by atoms with Crippen LogP contribution in [-0.2, 0) is 15.1 Å². The molecule has 0 aliphatic rings. The van der Waals surface area contributed by atoms with E-state index in [-0.39, 0.29) is 12.4 Å². The van der Waals surface area contributed by atoms with E-state index in [1.54, 1.807) is 38.1 Å². The van der Waals surface area contributed by atoms with Crippen molar-refractivity contribution in [3.05, 3.63) is 41.0 Å². The van der Waals surface area contributed by atoms with Gasteiger partial charge in [-0.15, -0.1) is 0 Å². The average molecular weight is 264 g/mol. The van der Waals surface area contributed by atoms with Crippen molar-refractivity contribution in [3.8, 4) is 5.75 Å². The predicted molar refractivity (Wildman–Crippen MR) is 72.8 cm³/mol. The average Bonchev–Trinajstić information content (AvgIpc) is 2.34. The van der Waals surface area contributed by atoms with Gasteiger partial charge in [0.25, 0.3) is 0 Å².